The molecule has 0 spiro atoms. The number of para-hydroxylation sites is 8. The predicted molar refractivity (Wildman–Crippen MR) is 267 cm³/mol. The first-order valence-electron chi connectivity index (χ1n) is 23.1. The Balaban J connectivity index is 0.855. The molecule has 6 heterocycles. The van der Waals surface area contributed by atoms with Gasteiger partial charge in [0.2, 0.25) is 0 Å². The van der Waals surface area contributed by atoms with Crippen LogP contribution in [0.5, 0.6) is 57.5 Å². The molecule has 0 N–H and O–H groups in total. The van der Waals surface area contributed by atoms with E-state index < -0.39 is 0 Å². The van der Waals surface area contributed by atoms with Gasteiger partial charge in [-0.25, -0.2) is 0 Å². The molecular weight excluding hydrogens is 859 g/mol. The molecule has 0 saturated heterocycles. The molecule has 0 saturated carbocycles. The van der Waals surface area contributed by atoms with Gasteiger partial charge in [0.1, 0.15) is 35.0 Å². The van der Waals surface area contributed by atoms with E-state index in [1.807, 2.05) is 91.0 Å². The average molecular weight is 894 g/mol. The van der Waals surface area contributed by atoms with E-state index in [0.29, 0.717) is 0 Å². The number of allylic oxidation sites excluding steroid dienone is 2. The summed E-state index contributed by atoms with van der Waals surface area (Å²) in [6.45, 7) is 0. The van der Waals surface area contributed by atoms with E-state index in [1.165, 1.54) is 0 Å². The molecule has 9 heteroatoms. The van der Waals surface area contributed by atoms with Crippen LogP contribution in [0.15, 0.2) is 206 Å². The van der Waals surface area contributed by atoms with Crippen LogP contribution in [0.4, 0.5) is 45.5 Å². The summed E-state index contributed by atoms with van der Waals surface area (Å²) in [5, 5.41) is 0. The van der Waals surface area contributed by atoms with E-state index in [0.717, 1.165) is 142 Å². The molecule has 6 aliphatic heterocycles. The monoisotopic (exact) mass is 893 g/mol. The fraction of sp³-hybridized carbons (Fsp3) is 0.0333. The number of anilines is 8. The zero-order valence-electron chi connectivity index (χ0n) is 36.5. The van der Waals surface area contributed by atoms with Gasteiger partial charge in [-0.15, -0.1) is 0 Å². The number of nitrogens with zero attached hydrogens (tertiary/aromatic N) is 3. The summed E-state index contributed by atoms with van der Waals surface area (Å²) in [6.07, 6.45) is 6.02. The molecular formula is C60H35N3O6. The molecule has 2 unspecified atom stereocenters. The molecule has 0 radical (unpaired) electrons. The summed E-state index contributed by atoms with van der Waals surface area (Å²) < 4.78 is 39.5. The quantitative estimate of drug-likeness (QED) is 0.172. The van der Waals surface area contributed by atoms with E-state index >= 15 is 0 Å². The van der Waals surface area contributed by atoms with Crippen molar-refractivity contribution in [2.24, 2.45) is 0 Å². The summed E-state index contributed by atoms with van der Waals surface area (Å²) in [7, 11) is 0. The summed E-state index contributed by atoms with van der Waals surface area (Å²) in [6, 6.07) is 62.6. The lowest BCUT2D eigenvalue weighted by Gasteiger charge is -2.47. The highest BCUT2D eigenvalue weighted by Gasteiger charge is 2.44. The first-order chi connectivity index (χ1) is 34.1. The number of hydrogen-bond acceptors (Lipinski definition) is 9. The lowest BCUT2D eigenvalue weighted by Crippen LogP contribution is -2.51. The Kier molecular flexibility index (Phi) is 7.27. The third-order valence-electron chi connectivity index (χ3n) is 14.1. The van der Waals surface area contributed by atoms with Gasteiger partial charge in [0.15, 0.2) is 51.7 Å². The Hall–Kier alpha value is -9.34. The molecule has 9 aromatic carbocycles. The maximum atomic E-state index is 6.81. The normalized spacial score (nSPS) is 17.0. The standard InChI is InChI=1S/C60H35N3O6/c1-4-13-46-40(10-1)61-43-25-22-34(31-55(43)67-52-19-7-16-49(64-46)58(52)61)37-28-38(35-23-26-44-56(32-35)68-53-20-8-17-50-59(53)62(44)41-11-2-5-14-47(41)65-50)30-39(29-37)36-24-27-45-57(33-36)69-54-21-9-18-51-60(54)63(45)42-12-3-6-15-48(42)66-51/h1-33,49,58H. The van der Waals surface area contributed by atoms with E-state index in [4.69, 9.17) is 28.4 Å². The van der Waals surface area contributed by atoms with Gasteiger partial charge in [0.05, 0.1) is 34.1 Å². The molecule has 0 fully saturated rings. The van der Waals surface area contributed by atoms with E-state index in [9.17, 15) is 0 Å². The highest BCUT2D eigenvalue weighted by molar-refractivity contribution is 5.97. The number of rotatable bonds is 3. The second-order valence-electron chi connectivity index (χ2n) is 18.0. The van der Waals surface area contributed by atoms with E-state index in [-0.39, 0.29) is 12.1 Å². The molecule has 7 aliphatic rings. The molecule has 16 rings (SSSR count). The SMILES string of the molecule is C1=CC2Oc3ccccc3N3c4ccc(-c5cc(-c6ccc7c(c6)Oc6cccc8c6N7c6ccccc6O8)cc(-c6ccc7c(c6)Oc6cccc8c6N7c6ccccc6O8)c5)cc4OC(=C1)C23. The van der Waals surface area contributed by atoms with Crippen molar-refractivity contribution in [1.29, 1.82) is 0 Å². The van der Waals surface area contributed by atoms with Gasteiger partial charge >= 0.3 is 0 Å². The summed E-state index contributed by atoms with van der Waals surface area (Å²) >= 11 is 0. The van der Waals surface area contributed by atoms with Crippen LogP contribution in [0.25, 0.3) is 33.4 Å². The number of fused-ring (bicyclic) bond motifs is 12. The molecule has 2 atom stereocenters. The molecule has 1 aliphatic carbocycles. The molecule has 9 nitrogen and oxygen atoms in total. The van der Waals surface area contributed by atoms with Crippen molar-refractivity contribution in [2.75, 3.05) is 14.7 Å². The van der Waals surface area contributed by atoms with Crippen molar-refractivity contribution in [3.63, 3.8) is 0 Å². The highest BCUT2D eigenvalue weighted by atomic mass is 16.5. The second-order valence-corrected chi connectivity index (χ2v) is 18.0. The zero-order chi connectivity index (χ0) is 44.9. The van der Waals surface area contributed by atoms with Crippen molar-refractivity contribution in [3.05, 3.63) is 206 Å². The number of benzene rings is 9. The predicted octanol–water partition coefficient (Wildman–Crippen LogP) is 16.2. The third kappa shape index (κ3) is 5.29. The van der Waals surface area contributed by atoms with Crippen molar-refractivity contribution in [3.8, 4) is 90.9 Å². The van der Waals surface area contributed by atoms with Crippen LogP contribution in [0.1, 0.15) is 0 Å². The lowest BCUT2D eigenvalue weighted by molar-refractivity contribution is 0.182. The maximum absolute atomic E-state index is 6.81. The Bertz CT molecular complexity index is 3650. The average Bonchev–Trinajstić information content (AvgIpc) is 3.40. The van der Waals surface area contributed by atoms with Crippen LogP contribution in [0, 0.1) is 0 Å². The molecule has 9 aromatic rings. The summed E-state index contributed by atoms with van der Waals surface area (Å²) in [4.78, 5) is 6.87. The second kappa shape index (κ2) is 13.6. The van der Waals surface area contributed by atoms with Crippen molar-refractivity contribution >= 4 is 45.5 Å². The van der Waals surface area contributed by atoms with E-state index in [1.54, 1.807) is 0 Å². The van der Waals surface area contributed by atoms with Gasteiger partial charge in [-0.3, -0.25) is 9.80 Å². The first-order valence-corrected chi connectivity index (χ1v) is 23.1. The van der Waals surface area contributed by atoms with Crippen LogP contribution in [0.3, 0.4) is 0 Å². The minimum Gasteiger partial charge on any atom is -0.481 e. The fourth-order valence-corrected chi connectivity index (χ4v) is 11.0. The van der Waals surface area contributed by atoms with Crippen LogP contribution in [-0.2, 0) is 0 Å². The zero-order valence-corrected chi connectivity index (χ0v) is 36.5. The first kappa shape index (κ1) is 36.8. The van der Waals surface area contributed by atoms with Gasteiger partial charge in [0.25, 0.3) is 0 Å². The van der Waals surface area contributed by atoms with E-state index in [2.05, 4.69) is 124 Å². The van der Waals surface area contributed by atoms with Gasteiger partial charge < -0.3 is 33.3 Å². The fourth-order valence-electron chi connectivity index (χ4n) is 11.0. The number of hydrogen-bond donors (Lipinski definition) is 0. The maximum Gasteiger partial charge on any atom is 0.155 e. The Labute approximate surface area is 396 Å². The molecule has 0 bridgehead atoms. The summed E-state index contributed by atoms with van der Waals surface area (Å²) in [5.74, 6) is 8.57. The Morgan fingerprint density at radius 1 is 0.319 bits per heavy atom. The van der Waals surface area contributed by atoms with Crippen LogP contribution >= 0.6 is 0 Å². The van der Waals surface area contributed by atoms with Gasteiger partial charge in [-0.05, 0) is 161 Å². The molecule has 69 heavy (non-hydrogen) atoms. The van der Waals surface area contributed by atoms with Gasteiger partial charge in [0, 0.05) is 0 Å². The minimum atomic E-state index is -0.171. The van der Waals surface area contributed by atoms with Crippen LogP contribution in [0.2, 0.25) is 0 Å². The summed E-state index contributed by atoms with van der Waals surface area (Å²) in [5.41, 5.74) is 13.7. The van der Waals surface area contributed by atoms with Crippen molar-refractivity contribution in [1.82, 2.24) is 0 Å². The Morgan fingerprint density at radius 2 is 0.725 bits per heavy atom. The third-order valence-corrected chi connectivity index (χ3v) is 14.1. The molecule has 0 aromatic heterocycles. The molecule has 326 valence electrons. The molecule has 0 amide bonds. The Morgan fingerprint density at radius 3 is 1.26 bits per heavy atom. The smallest absolute Gasteiger partial charge is 0.155 e. The largest absolute Gasteiger partial charge is 0.481 e. The topological polar surface area (TPSA) is 65.1 Å². The van der Waals surface area contributed by atoms with Crippen LogP contribution < -0.4 is 43.1 Å². The van der Waals surface area contributed by atoms with Crippen LogP contribution in [-0.4, -0.2) is 12.1 Å². The number of ether oxygens (including phenoxy) is 6. The highest BCUT2D eigenvalue weighted by Crippen LogP contribution is 2.62. The lowest BCUT2D eigenvalue weighted by atomic mass is 9.91. The van der Waals surface area contributed by atoms with Crippen molar-refractivity contribution < 1.29 is 28.4 Å². The minimum absolute atomic E-state index is 0.107. The van der Waals surface area contributed by atoms with Gasteiger partial charge in [-0.1, -0.05) is 72.8 Å². The van der Waals surface area contributed by atoms with Crippen molar-refractivity contribution in [2.45, 2.75) is 12.1 Å². The van der Waals surface area contributed by atoms with Gasteiger partial charge in [-0.2, -0.15) is 0 Å².